The summed E-state index contributed by atoms with van der Waals surface area (Å²) in [6, 6.07) is 4.37. The highest BCUT2D eigenvalue weighted by Crippen LogP contribution is 2.52. The molecule has 2 aliphatic carbocycles. The van der Waals surface area contributed by atoms with E-state index in [9.17, 15) is 4.79 Å². The SMILES string of the molecule is COC1=CC23CCNC(Cc4cc5c(cc42)OCO5)C3=CC1=O. The van der Waals surface area contributed by atoms with Crippen LogP contribution in [0.15, 0.2) is 35.6 Å². The van der Waals surface area contributed by atoms with Gasteiger partial charge in [0, 0.05) is 11.5 Å². The normalized spacial score (nSPS) is 30.1. The molecule has 0 amide bonds. The maximum atomic E-state index is 12.3. The summed E-state index contributed by atoms with van der Waals surface area (Å²) in [5, 5.41) is 3.54. The zero-order valence-electron chi connectivity index (χ0n) is 12.8. The first kappa shape index (κ1) is 13.2. The van der Waals surface area contributed by atoms with E-state index in [2.05, 4.69) is 17.4 Å². The zero-order valence-corrected chi connectivity index (χ0v) is 12.8. The summed E-state index contributed by atoms with van der Waals surface area (Å²) in [6.45, 7) is 1.19. The van der Waals surface area contributed by atoms with E-state index in [0.29, 0.717) is 5.76 Å². The number of ketones is 1. The third-order valence-electron chi connectivity index (χ3n) is 5.43. The molecule has 4 aliphatic rings. The van der Waals surface area contributed by atoms with Crippen LogP contribution in [0.25, 0.3) is 0 Å². The number of ether oxygens (including phenoxy) is 3. The maximum Gasteiger partial charge on any atom is 0.231 e. The molecule has 0 aromatic heterocycles. The van der Waals surface area contributed by atoms with E-state index < -0.39 is 0 Å². The first-order valence-electron chi connectivity index (χ1n) is 7.91. The summed E-state index contributed by atoms with van der Waals surface area (Å²) in [6.07, 6.45) is 5.55. The second kappa shape index (κ2) is 4.38. The van der Waals surface area contributed by atoms with Crippen LogP contribution in [0.3, 0.4) is 0 Å². The fourth-order valence-electron chi connectivity index (χ4n) is 4.40. The Kier molecular flexibility index (Phi) is 2.52. The van der Waals surface area contributed by atoms with E-state index in [4.69, 9.17) is 14.2 Å². The number of benzene rings is 1. The Bertz CT molecular complexity index is 794. The molecule has 2 heterocycles. The number of hydrogen-bond donors (Lipinski definition) is 1. The minimum Gasteiger partial charge on any atom is -0.493 e. The number of piperidine rings is 1. The second-order valence-electron chi connectivity index (χ2n) is 6.47. The van der Waals surface area contributed by atoms with Crippen LogP contribution in [-0.4, -0.2) is 32.3 Å². The van der Waals surface area contributed by atoms with Crippen LogP contribution in [0.2, 0.25) is 0 Å². The summed E-state index contributed by atoms with van der Waals surface area (Å²) in [5.41, 5.74) is 3.35. The Balaban J connectivity index is 1.78. The molecule has 2 aliphatic heterocycles. The van der Waals surface area contributed by atoms with Crippen LogP contribution in [0.4, 0.5) is 0 Å². The van der Waals surface area contributed by atoms with Gasteiger partial charge in [-0.3, -0.25) is 4.79 Å². The van der Waals surface area contributed by atoms with E-state index >= 15 is 0 Å². The third-order valence-corrected chi connectivity index (χ3v) is 5.43. The lowest BCUT2D eigenvalue weighted by molar-refractivity contribution is -0.114. The van der Waals surface area contributed by atoms with Gasteiger partial charge in [-0.2, -0.15) is 0 Å². The summed E-state index contributed by atoms with van der Waals surface area (Å²) in [7, 11) is 1.56. The Morgan fingerprint density at radius 1 is 1.30 bits per heavy atom. The second-order valence-corrected chi connectivity index (χ2v) is 6.47. The fourth-order valence-corrected chi connectivity index (χ4v) is 4.40. The fraction of sp³-hybridized carbons (Fsp3) is 0.389. The van der Waals surface area contributed by atoms with Crippen molar-refractivity contribution in [3.63, 3.8) is 0 Å². The molecular formula is C18H17NO4. The third kappa shape index (κ3) is 1.63. The molecule has 1 saturated heterocycles. The lowest BCUT2D eigenvalue weighted by atomic mass is 9.59. The Morgan fingerprint density at radius 3 is 2.96 bits per heavy atom. The van der Waals surface area contributed by atoms with Crippen LogP contribution < -0.4 is 14.8 Å². The van der Waals surface area contributed by atoms with E-state index in [-0.39, 0.29) is 24.0 Å². The molecule has 2 atom stereocenters. The zero-order chi connectivity index (χ0) is 15.6. The highest BCUT2D eigenvalue weighted by atomic mass is 16.7. The van der Waals surface area contributed by atoms with Gasteiger partial charge in [0.2, 0.25) is 12.6 Å². The van der Waals surface area contributed by atoms with Gasteiger partial charge in [-0.05, 0) is 60.4 Å². The number of methoxy groups -OCH3 is 1. The summed E-state index contributed by atoms with van der Waals surface area (Å²) in [5.74, 6) is 1.99. The smallest absolute Gasteiger partial charge is 0.231 e. The molecule has 1 aromatic carbocycles. The molecule has 0 spiro atoms. The van der Waals surface area contributed by atoms with Gasteiger partial charge in [0.25, 0.3) is 0 Å². The monoisotopic (exact) mass is 311 g/mol. The van der Waals surface area contributed by atoms with Crippen molar-refractivity contribution in [1.29, 1.82) is 0 Å². The standard InChI is InChI=1S/C18H17NO4/c1-21-17-8-18-2-3-19-13(12(18)6-14(17)20)4-10-5-15-16(7-11(10)18)23-9-22-15/h5-8,13,19H,2-4,9H2,1H3. The Morgan fingerprint density at radius 2 is 2.13 bits per heavy atom. The van der Waals surface area contributed by atoms with Gasteiger partial charge in [0.1, 0.15) is 0 Å². The predicted octanol–water partition coefficient (Wildman–Crippen LogP) is 1.61. The van der Waals surface area contributed by atoms with Crippen LogP contribution >= 0.6 is 0 Å². The van der Waals surface area contributed by atoms with Crippen molar-refractivity contribution in [3.05, 3.63) is 46.7 Å². The van der Waals surface area contributed by atoms with Crippen molar-refractivity contribution in [3.8, 4) is 11.5 Å². The highest BCUT2D eigenvalue weighted by molar-refractivity contribution is 6.05. The van der Waals surface area contributed by atoms with E-state index in [1.165, 1.54) is 11.1 Å². The number of nitrogens with one attached hydrogen (secondary N) is 1. The minimum atomic E-state index is -0.274. The quantitative estimate of drug-likeness (QED) is 0.854. The lowest BCUT2D eigenvalue weighted by Crippen LogP contribution is -2.53. The number of rotatable bonds is 1. The van der Waals surface area contributed by atoms with Gasteiger partial charge in [-0.1, -0.05) is 0 Å². The number of carbonyl (C=O) groups excluding carboxylic acids is 1. The lowest BCUT2D eigenvalue weighted by Gasteiger charge is -2.49. The Labute approximate surface area is 133 Å². The molecule has 1 aromatic rings. The van der Waals surface area contributed by atoms with Crippen molar-refractivity contribution in [2.45, 2.75) is 24.3 Å². The summed E-state index contributed by atoms with van der Waals surface area (Å²) in [4.78, 5) is 12.3. The van der Waals surface area contributed by atoms with Gasteiger partial charge in [0.05, 0.1) is 7.11 Å². The van der Waals surface area contributed by atoms with Crippen molar-refractivity contribution < 1.29 is 19.0 Å². The number of fused-ring (bicyclic) bond motifs is 2. The maximum absolute atomic E-state index is 12.3. The van der Waals surface area contributed by atoms with Gasteiger partial charge in [-0.25, -0.2) is 0 Å². The first-order chi connectivity index (χ1) is 11.2. The molecule has 1 fully saturated rings. The van der Waals surface area contributed by atoms with Crippen LogP contribution in [-0.2, 0) is 21.4 Å². The van der Waals surface area contributed by atoms with E-state index in [1.54, 1.807) is 13.2 Å². The Hall–Kier alpha value is -2.27. The number of hydrogen-bond acceptors (Lipinski definition) is 5. The molecule has 2 unspecified atom stereocenters. The van der Waals surface area contributed by atoms with E-state index in [0.717, 1.165) is 36.5 Å². The van der Waals surface area contributed by atoms with Gasteiger partial charge >= 0.3 is 0 Å². The molecule has 0 radical (unpaired) electrons. The van der Waals surface area contributed by atoms with Gasteiger partial charge in [0.15, 0.2) is 17.3 Å². The topological polar surface area (TPSA) is 56.8 Å². The molecule has 2 bridgehead atoms. The minimum absolute atomic E-state index is 0.0454. The largest absolute Gasteiger partial charge is 0.493 e. The molecular weight excluding hydrogens is 294 g/mol. The highest BCUT2D eigenvalue weighted by Gasteiger charge is 2.49. The van der Waals surface area contributed by atoms with Crippen molar-refractivity contribution in [2.75, 3.05) is 20.4 Å². The molecule has 1 N–H and O–H groups in total. The van der Waals surface area contributed by atoms with Gasteiger partial charge < -0.3 is 19.5 Å². The van der Waals surface area contributed by atoms with Crippen LogP contribution in [0.5, 0.6) is 11.5 Å². The molecule has 5 heteroatoms. The number of carbonyl (C=O) groups is 1. The first-order valence-corrected chi connectivity index (χ1v) is 7.91. The molecule has 0 saturated carbocycles. The van der Waals surface area contributed by atoms with Crippen LogP contribution in [0, 0.1) is 0 Å². The molecule has 5 rings (SSSR count). The average molecular weight is 311 g/mol. The summed E-state index contributed by atoms with van der Waals surface area (Å²) >= 11 is 0. The predicted molar refractivity (Wildman–Crippen MR) is 82.5 cm³/mol. The van der Waals surface area contributed by atoms with Crippen molar-refractivity contribution in [1.82, 2.24) is 5.32 Å². The summed E-state index contributed by atoms with van der Waals surface area (Å²) < 4.78 is 16.4. The van der Waals surface area contributed by atoms with Gasteiger partial charge in [-0.15, -0.1) is 0 Å². The van der Waals surface area contributed by atoms with E-state index in [1.807, 2.05) is 6.08 Å². The molecule has 23 heavy (non-hydrogen) atoms. The molecule has 118 valence electrons. The van der Waals surface area contributed by atoms with Crippen molar-refractivity contribution >= 4 is 5.78 Å². The number of allylic oxidation sites excluding steroid dienone is 2. The van der Waals surface area contributed by atoms with Crippen LogP contribution in [0.1, 0.15) is 17.5 Å². The average Bonchev–Trinajstić information content (AvgIpc) is 3.00. The molecule has 5 nitrogen and oxygen atoms in total. The van der Waals surface area contributed by atoms with Crippen molar-refractivity contribution in [2.24, 2.45) is 0 Å².